The molecule has 1 aromatic heterocycles. The van der Waals surface area contributed by atoms with Gasteiger partial charge in [-0.15, -0.1) is 0 Å². The van der Waals surface area contributed by atoms with Crippen LogP contribution in [0.2, 0.25) is 0 Å². The zero-order valence-corrected chi connectivity index (χ0v) is 8.77. The number of aliphatic hydroxyl groups is 1. The zero-order chi connectivity index (χ0) is 10.4. The molecule has 0 aliphatic heterocycles. The van der Waals surface area contributed by atoms with Crippen LogP contribution in [0.5, 0.6) is 0 Å². The Bertz CT molecular complexity index is 251. The molecular formula is C11H18N2O. The average Bonchev–Trinajstić information content (AvgIpc) is 2.26. The monoisotopic (exact) mass is 194 g/mol. The van der Waals surface area contributed by atoms with E-state index in [0.717, 1.165) is 12.2 Å². The predicted octanol–water partition coefficient (Wildman–Crippen LogP) is 1.36. The number of aliphatic hydroxyl groups excluding tert-OH is 1. The fourth-order valence-electron chi connectivity index (χ4n) is 1.18. The molecule has 0 bridgehead atoms. The Balaban J connectivity index is 2.39. The molecule has 2 atom stereocenters. The van der Waals surface area contributed by atoms with Crippen LogP contribution in [0.3, 0.4) is 0 Å². The SMILES string of the molecule is CC(CO)CN[C@@H](C)c1ccccn1. The summed E-state index contributed by atoms with van der Waals surface area (Å²) in [5, 5.41) is 12.2. The van der Waals surface area contributed by atoms with Crippen molar-refractivity contribution in [1.82, 2.24) is 10.3 Å². The lowest BCUT2D eigenvalue weighted by molar-refractivity contribution is 0.230. The molecule has 0 saturated heterocycles. The lowest BCUT2D eigenvalue weighted by Crippen LogP contribution is -2.26. The Morgan fingerprint density at radius 2 is 2.21 bits per heavy atom. The molecule has 3 nitrogen and oxygen atoms in total. The summed E-state index contributed by atoms with van der Waals surface area (Å²) in [4.78, 5) is 4.26. The Kier molecular flexibility index (Phi) is 4.56. The van der Waals surface area contributed by atoms with Crippen LogP contribution >= 0.6 is 0 Å². The van der Waals surface area contributed by atoms with E-state index < -0.39 is 0 Å². The van der Waals surface area contributed by atoms with E-state index in [9.17, 15) is 0 Å². The molecule has 0 radical (unpaired) electrons. The van der Waals surface area contributed by atoms with Crippen molar-refractivity contribution in [2.75, 3.05) is 13.2 Å². The second-order valence-corrected chi connectivity index (χ2v) is 3.67. The molecule has 1 heterocycles. The van der Waals surface area contributed by atoms with E-state index in [1.54, 1.807) is 6.20 Å². The molecule has 0 aliphatic rings. The molecule has 0 fully saturated rings. The number of pyridine rings is 1. The van der Waals surface area contributed by atoms with Gasteiger partial charge in [0.25, 0.3) is 0 Å². The summed E-state index contributed by atoms with van der Waals surface area (Å²) >= 11 is 0. The topological polar surface area (TPSA) is 45.1 Å². The quantitative estimate of drug-likeness (QED) is 0.744. The molecule has 78 valence electrons. The summed E-state index contributed by atoms with van der Waals surface area (Å²) in [6.07, 6.45) is 1.79. The van der Waals surface area contributed by atoms with E-state index in [-0.39, 0.29) is 12.6 Å². The second-order valence-electron chi connectivity index (χ2n) is 3.67. The van der Waals surface area contributed by atoms with Crippen molar-refractivity contribution in [2.45, 2.75) is 19.9 Å². The summed E-state index contributed by atoms with van der Waals surface area (Å²) < 4.78 is 0. The first-order chi connectivity index (χ1) is 6.74. The summed E-state index contributed by atoms with van der Waals surface area (Å²) in [6.45, 7) is 5.13. The normalized spacial score (nSPS) is 15.1. The van der Waals surface area contributed by atoms with Gasteiger partial charge in [0.15, 0.2) is 0 Å². The van der Waals surface area contributed by atoms with Crippen molar-refractivity contribution < 1.29 is 5.11 Å². The highest BCUT2D eigenvalue weighted by Gasteiger charge is 2.06. The number of nitrogens with zero attached hydrogens (tertiary/aromatic N) is 1. The molecule has 14 heavy (non-hydrogen) atoms. The number of nitrogens with one attached hydrogen (secondary N) is 1. The second kappa shape index (κ2) is 5.73. The zero-order valence-electron chi connectivity index (χ0n) is 8.77. The van der Waals surface area contributed by atoms with Crippen LogP contribution < -0.4 is 5.32 Å². The van der Waals surface area contributed by atoms with E-state index in [4.69, 9.17) is 5.11 Å². The van der Waals surface area contributed by atoms with E-state index in [1.807, 2.05) is 25.1 Å². The van der Waals surface area contributed by atoms with Crippen LogP contribution in [-0.2, 0) is 0 Å². The Labute approximate surface area is 85.2 Å². The first-order valence-corrected chi connectivity index (χ1v) is 4.99. The van der Waals surface area contributed by atoms with Crippen molar-refractivity contribution in [3.05, 3.63) is 30.1 Å². The lowest BCUT2D eigenvalue weighted by Gasteiger charge is -2.15. The van der Waals surface area contributed by atoms with E-state index in [2.05, 4.69) is 17.2 Å². The average molecular weight is 194 g/mol. The van der Waals surface area contributed by atoms with Gasteiger partial charge in [-0.2, -0.15) is 0 Å². The largest absolute Gasteiger partial charge is 0.396 e. The van der Waals surface area contributed by atoms with Crippen LogP contribution in [0.1, 0.15) is 25.6 Å². The molecule has 0 spiro atoms. The number of aromatic nitrogens is 1. The van der Waals surface area contributed by atoms with Crippen molar-refractivity contribution in [1.29, 1.82) is 0 Å². The fourth-order valence-corrected chi connectivity index (χ4v) is 1.18. The summed E-state index contributed by atoms with van der Waals surface area (Å²) in [5.74, 6) is 0.293. The standard InChI is InChI=1S/C11H18N2O/c1-9(8-14)7-13-10(2)11-5-3-4-6-12-11/h3-6,9-10,13-14H,7-8H2,1-2H3/t9?,10-/m0/s1. The minimum Gasteiger partial charge on any atom is -0.396 e. The predicted molar refractivity (Wildman–Crippen MR) is 56.9 cm³/mol. The Morgan fingerprint density at radius 1 is 1.43 bits per heavy atom. The molecule has 1 rings (SSSR count). The van der Waals surface area contributed by atoms with Gasteiger partial charge in [-0.1, -0.05) is 13.0 Å². The number of hydrogen-bond acceptors (Lipinski definition) is 3. The minimum atomic E-state index is 0.224. The maximum atomic E-state index is 8.86. The molecule has 0 aliphatic carbocycles. The lowest BCUT2D eigenvalue weighted by atomic mass is 10.1. The third kappa shape index (κ3) is 3.44. The third-order valence-electron chi connectivity index (χ3n) is 2.22. The van der Waals surface area contributed by atoms with Crippen LogP contribution in [0.15, 0.2) is 24.4 Å². The van der Waals surface area contributed by atoms with Crippen molar-refractivity contribution in [3.8, 4) is 0 Å². The minimum absolute atomic E-state index is 0.224. The van der Waals surface area contributed by atoms with Crippen LogP contribution in [0, 0.1) is 5.92 Å². The molecule has 1 aromatic rings. The van der Waals surface area contributed by atoms with Crippen molar-refractivity contribution in [2.24, 2.45) is 5.92 Å². The number of rotatable bonds is 5. The van der Waals surface area contributed by atoms with E-state index in [1.165, 1.54) is 0 Å². The Hall–Kier alpha value is -0.930. The summed E-state index contributed by atoms with van der Waals surface area (Å²) in [6, 6.07) is 6.13. The van der Waals surface area contributed by atoms with Gasteiger partial charge in [0, 0.05) is 25.4 Å². The highest BCUT2D eigenvalue weighted by Crippen LogP contribution is 2.07. The van der Waals surface area contributed by atoms with Gasteiger partial charge in [-0.05, 0) is 25.0 Å². The Morgan fingerprint density at radius 3 is 2.79 bits per heavy atom. The van der Waals surface area contributed by atoms with Gasteiger partial charge in [-0.3, -0.25) is 4.98 Å². The molecule has 0 saturated carbocycles. The summed E-state index contributed by atoms with van der Waals surface area (Å²) in [5.41, 5.74) is 1.04. The van der Waals surface area contributed by atoms with Gasteiger partial charge < -0.3 is 10.4 Å². The van der Waals surface area contributed by atoms with E-state index in [0.29, 0.717) is 5.92 Å². The van der Waals surface area contributed by atoms with Gasteiger partial charge in [0.05, 0.1) is 5.69 Å². The van der Waals surface area contributed by atoms with Gasteiger partial charge in [0.1, 0.15) is 0 Å². The fraction of sp³-hybridized carbons (Fsp3) is 0.545. The molecule has 3 heteroatoms. The molecule has 0 amide bonds. The summed E-state index contributed by atoms with van der Waals surface area (Å²) in [7, 11) is 0. The molecular weight excluding hydrogens is 176 g/mol. The maximum absolute atomic E-state index is 8.86. The smallest absolute Gasteiger partial charge is 0.0570 e. The first kappa shape index (κ1) is 11.1. The van der Waals surface area contributed by atoms with Gasteiger partial charge in [-0.25, -0.2) is 0 Å². The van der Waals surface area contributed by atoms with Gasteiger partial charge >= 0.3 is 0 Å². The highest BCUT2D eigenvalue weighted by atomic mass is 16.3. The first-order valence-electron chi connectivity index (χ1n) is 4.99. The maximum Gasteiger partial charge on any atom is 0.0570 e. The van der Waals surface area contributed by atoms with Crippen LogP contribution in [0.4, 0.5) is 0 Å². The highest BCUT2D eigenvalue weighted by molar-refractivity contribution is 5.07. The molecule has 2 N–H and O–H groups in total. The van der Waals surface area contributed by atoms with Gasteiger partial charge in [0.2, 0.25) is 0 Å². The van der Waals surface area contributed by atoms with Crippen LogP contribution in [-0.4, -0.2) is 23.2 Å². The molecule has 0 aromatic carbocycles. The number of hydrogen-bond donors (Lipinski definition) is 2. The third-order valence-corrected chi connectivity index (χ3v) is 2.22. The van der Waals surface area contributed by atoms with Crippen molar-refractivity contribution in [3.63, 3.8) is 0 Å². The van der Waals surface area contributed by atoms with E-state index >= 15 is 0 Å². The molecule has 1 unspecified atom stereocenters. The van der Waals surface area contributed by atoms with Crippen LogP contribution in [0.25, 0.3) is 0 Å². The van der Waals surface area contributed by atoms with Crippen molar-refractivity contribution >= 4 is 0 Å².